The van der Waals surface area contributed by atoms with Crippen LogP contribution in [0.2, 0.25) is 0 Å². The minimum atomic E-state index is 0.307. The van der Waals surface area contributed by atoms with Crippen LogP contribution in [0, 0.1) is 6.92 Å². The molecule has 2 aromatic rings. The maximum Gasteiger partial charge on any atom is 0.226 e. The Morgan fingerprint density at radius 3 is 2.67 bits per heavy atom. The van der Waals surface area contributed by atoms with Gasteiger partial charge in [-0.1, -0.05) is 19.0 Å². The van der Waals surface area contributed by atoms with Crippen molar-refractivity contribution in [3.8, 4) is 5.75 Å². The molecule has 0 aliphatic heterocycles. The molecule has 0 aromatic carbocycles. The lowest BCUT2D eigenvalue weighted by Gasteiger charge is -2.08. The normalized spacial score (nSPS) is 10.6. The third-order valence-electron chi connectivity index (χ3n) is 2.58. The largest absolute Gasteiger partial charge is 0.484 e. The Kier molecular flexibility index (Phi) is 3.92. The van der Waals surface area contributed by atoms with Crippen LogP contribution in [0.3, 0.4) is 0 Å². The van der Waals surface area contributed by atoms with Crippen LogP contribution in [-0.4, -0.2) is 15.1 Å². The van der Waals surface area contributed by atoms with E-state index in [2.05, 4.69) is 22.0 Å². The highest BCUT2D eigenvalue weighted by Crippen LogP contribution is 2.18. The van der Waals surface area contributed by atoms with Gasteiger partial charge in [-0.2, -0.15) is 4.98 Å². The van der Waals surface area contributed by atoms with Crippen LogP contribution in [0.4, 0.5) is 0 Å². The second kappa shape index (κ2) is 5.62. The van der Waals surface area contributed by atoms with E-state index in [0.29, 0.717) is 18.3 Å². The van der Waals surface area contributed by atoms with Gasteiger partial charge in [0.1, 0.15) is 5.75 Å². The summed E-state index contributed by atoms with van der Waals surface area (Å²) in [6.45, 7) is 6.30. The standard InChI is InChI=1S/C13H17N3O2/c1-4-10-11(7-6-9(3)14-10)17-8-12-15-13(5-2)18-16-12/h6-7H,4-5,8H2,1-3H3. The number of hydrogen-bond acceptors (Lipinski definition) is 5. The van der Waals surface area contributed by atoms with Gasteiger partial charge in [-0.05, 0) is 25.5 Å². The van der Waals surface area contributed by atoms with E-state index in [1.54, 1.807) is 0 Å². The van der Waals surface area contributed by atoms with Crippen LogP contribution in [0.5, 0.6) is 5.75 Å². The molecule has 0 aliphatic rings. The highest BCUT2D eigenvalue weighted by Gasteiger charge is 2.08. The van der Waals surface area contributed by atoms with Gasteiger partial charge in [0.25, 0.3) is 0 Å². The molecule has 0 bridgehead atoms. The van der Waals surface area contributed by atoms with E-state index < -0.39 is 0 Å². The summed E-state index contributed by atoms with van der Waals surface area (Å²) in [4.78, 5) is 8.63. The van der Waals surface area contributed by atoms with Crippen LogP contribution >= 0.6 is 0 Å². The maximum absolute atomic E-state index is 5.68. The first kappa shape index (κ1) is 12.5. The van der Waals surface area contributed by atoms with Crippen molar-refractivity contribution >= 4 is 0 Å². The molecule has 2 heterocycles. The molecule has 0 saturated heterocycles. The Balaban J connectivity index is 2.05. The van der Waals surface area contributed by atoms with Crippen LogP contribution in [0.15, 0.2) is 16.7 Å². The van der Waals surface area contributed by atoms with E-state index in [1.165, 1.54) is 0 Å². The first-order valence-electron chi connectivity index (χ1n) is 6.13. The zero-order valence-corrected chi connectivity index (χ0v) is 10.9. The molecule has 0 radical (unpaired) electrons. The molecular formula is C13H17N3O2. The maximum atomic E-state index is 5.68. The summed E-state index contributed by atoms with van der Waals surface area (Å²) in [5.41, 5.74) is 1.95. The summed E-state index contributed by atoms with van der Waals surface area (Å²) in [7, 11) is 0. The number of ether oxygens (including phenoxy) is 1. The number of aryl methyl sites for hydroxylation is 3. The van der Waals surface area contributed by atoms with E-state index in [-0.39, 0.29) is 0 Å². The fourth-order valence-corrected chi connectivity index (χ4v) is 1.62. The second-order valence-electron chi connectivity index (χ2n) is 4.00. The molecule has 2 aromatic heterocycles. The van der Waals surface area contributed by atoms with E-state index >= 15 is 0 Å². The zero-order chi connectivity index (χ0) is 13.0. The fraction of sp³-hybridized carbons (Fsp3) is 0.462. The van der Waals surface area contributed by atoms with Crippen LogP contribution < -0.4 is 4.74 Å². The van der Waals surface area contributed by atoms with Gasteiger partial charge in [-0.25, -0.2) is 0 Å². The Morgan fingerprint density at radius 2 is 2.00 bits per heavy atom. The third-order valence-corrected chi connectivity index (χ3v) is 2.58. The van der Waals surface area contributed by atoms with Gasteiger partial charge in [0, 0.05) is 12.1 Å². The van der Waals surface area contributed by atoms with Crippen molar-refractivity contribution in [2.24, 2.45) is 0 Å². The smallest absolute Gasteiger partial charge is 0.226 e. The van der Waals surface area contributed by atoms with Gasteiger partial charge in [-0.3, -0.25) is 4.98 Å². The first-order valence-corrected chi connectivity index (χ1v) is 6.13. The molecule has 0 amide bonds. The summed E-state index contributed by atoms with van der Waals surface area (Å²) in [6.07, 6.45) is 1.57. The fourth-order valence-electron chi connectivity index (χ4n) is 1.62. The molecule has 0 aliphatic carbocycles. The summed E-state index contributed by atoms with van der Waals surface area (Å²) >= 11 is 0. The Bertz CT molecular complexity index is 523. The van der Waals surface area contributed by atoms with Crippen molar-refractivity contribution in [3.63, 3.8) is 0 Å². The highest BCUT2D eigenvalue weighted by molar-refractivity contribution is 5.29. The Morgan fingerprint density at radius 1 is 1.17 bits per heavy atom. The van der Waals surface area contributed by atoms with E-state index in [0.717, 1.165) is 30.0 Å². The van der Waals surface area contributed by atoms with Crippen molar-refractivity contribution in [3.05, 3.63) is 35.2 Å². The summed E-state index contributed by atoms with van der Waals surface area (Å²) < 4.78 is 10.7. The lowest BCUT2D eigenvalue weighted by molar-refractivity contribution is 0.281. The topological polar surface area (TPSA) is 61.0 Å². The zero-order valence-electron chi connectivity index (χ0n) is 10.9. The van der Waals surface area contributed by atoms with E-state index in [9.17, 15) is 0 Å². The van der Waals surface area contributed by atoms with Crippen molar-refractivity contribution in [1.29, 1.82) is 0 Å². The predicted octanol–water partition coefficient (Wildman–Crippen LogP) is 2.48. The molecule has 0 spiro atoms. The highest BCUT2D eigenvalue weighted by atomic mass is 16.5. The molecule has 96 valence electrons. The van der Waals surface area contributed by atoms with Crippen LogP contribution in [-0.2, 0) is 19.4 Å². The summed E-state index contributed by atoms with van der Waals surface area (Å²) in [6, 6.07) is 3.87. The molecule has 0 unspecified atom stereocenters. The molecule has 18 heavy (non-hydrogen) atoms. The number of nitrogens with zero attached hydrogens (tertiary/aromatic N) is 3. The Labute approximate surface area is 106 Å². The van der Waals surface area contributed by atoms with Gasteiger partial charge >= 0.3 is 0 Å². The van der Waals surface area contributed by atoms with E-state index in [1.807, 2.05) is 26.0 Å². The minimum Gasteiger partial charge on any atom is -0.484 e. The lowest BCUT2D eigenvalue weighted by Crippen LogP contribution is -2.02. The first-order chi connectivity index (χ1) is 8.72. The number of hydrogen-bond donors (Lipinski definition) is 0. The molecule has 5 heteroatoms. The average Bonchev–Trinajstić information content (AvgIpc) is 2.85. The van der Waals surface area contributed by atoms with Crippen molar-refractivity contribution in [2.75, 3.05) is 0 Å². The molecule has 0 fully saturated rings. The van der Waals surface area contributed by atoms with Gasteiger partial charge in [0.05, 0.1) is 5.69 Å². The van der Waals surface area contributed by atoms with Crippen LogP contribution in [0.25, 0.3) is 0 Å². The van der Waals surface area contributed by atoms with Gasteiger partial charge in [-0.15, -0.1) is 0 Å². The summed E-state index contributed by atoms with van der Waals surface area (Å²) in [5, 5.41) is 3.84. The Hall–Kier alpha value is -1.91. The van der Waals surface area contributed by atoms with Gasteiger partial charge in [0.15, 0.2) is 6.61 Å². The van der Waals surface area contributed by atoms with Crippen molar-refractivity contribution < 1.29 is 9.26 Å². The molecule has 2 rings (SSSR count). The third kappa shape index (κ3) is 2.85. The molecule has 0 saturated carbocycles. The van der Waals surface area contributed by atoms with Crippen molar-refractivity contribution in [1.82, 2.24) is 15.1 Å². The average molecular weight is 247 g/mol. The van der Waals surface area contributed by atoms with Gasteiger partial charge < -0.3 is 9.26 Å². The minimum absolute atomic E-state index is 0.307. The number of rotatable bonds is 5. The predicted molar refractivity (Wildman–Crippen MR) is 66.4 cm³/mol. The molecule has 5 nitrogen and oxygen atoms in total. The quantitative estimate of drug-likeness (QED) is 0.812. The lowest BCUT2D eigenvalue weighted by atomic mass is 10.2. The molecule has 0 atom stereocenters. The SMILES string of the molecule is CCc1nc(COc2ccc(C)nc2CC)no1. The number of pyridine rings is 1. The number of aromatic nitrogens is 3. The monoisotopic (exact) mass is 247 g/mol. The second-order valence-corrected chi connectivity index (χ2v) is 4.00. The van der Waals surface area contributed by atoms with E-state index in [4.69, 9.17) is 9.26 Å². The van der Waals surface area contributed by atoms with Crippen molar-refractivity contribution in [2.45, 2.75) is 40.2 Å². The molecule has 0 N–H and O–H groups in total. The summed E-state index contributed by atoms with van der Waals surface area (Å²) in [5.74, 6) is 1.98. The van der Waals surface area contributed by atoms with Crippen LogP contribution in [0.1, 0.15) is 37.0 Å². The molecular weight excluding hydrogens is 230 g/mol. The van der Waals surface area contributed by atoms with Gasteiger partial charge in [0.2, 0.25) is 11.7 Å².